The minimum absolute atomic E-state index is 0.126. The highest BCUT2D eigenvalue weighted by Crippen LogP contribution is 2.20. The van der Waals surface area contributed by atoms with E-state index in [0.717, 1.165) is 32.1 Å². The van der Waals surface area contributed by atoms with Gasteiger partial charge in [-0.05, 0) is 6.42 Å². The lowest BCUT2D eigenvalue weighted by Crippen LogP contribution is -2.46. The average Bonchev–Trinajstić information content (AvgIpc) is 2.33. The van der Waals surface area contributed by atoms with E-state index in [-0.39, 0.29) is 12.2 Å². The molecule has 0 amide bonds. The molecule has 4 nitrogen and oxygen atoms in total. The first kappa shape index (κ1) is 19.4. The number of rotatable bonds is 11. The van der Waals surface area contributed by atoms with Crippen molar-refractivity contribution in [3.8, 4) is 0 Å². The molecule has 0 aliphatic carbocycles. The van der Waals surface area contributed by atoms with E-state index in [1.54, 1.807) is 0 Å². The number of hydrogen-bond donors (Lipinski definition) is 0. The summed E-state index contributed by atoms with van der Waals surface area (Å²) in [5, 5.41) is 11.1. The molecule has 0 radical (unpaired) electrons. The van der Waals surface area contributed by atoms with E-state index < -0.39 is 17.4 Å². The number of Topliss-reactive ketones (excluding diaryl/α,β-unsaturated/α-hetero) is 1. The Kier molecular flexibility index (Phi) is 9.06. The van der Waals surface area contributed by atoms with Gasteiger partial charge in [-0.3, -0.25) is 4.79 Å². The Balaban J connectivity index is 4.31. The Morgan fingerprint density at radius 1 is 1.10 bits per heavy atom. The zero-order valence-electron chi connectivity index (χ0n) is 13.2. The first-order chi connectivity index (χ1) is 9.20. The molecule has 0 aliphatic heterocycles. The van der Waals surface area contributed by atoms with Crippen LogP contribution >= 0.6 is 11.6 Å². The average molecular weight is 306 g/mol. The van der Waals surface area contributed by atoms with E-state index in [4.69, 9.17) is 11.6 Å². The summed E-state index contributed by atoms with van der Waals surface area (Å²) in [5.74, 6) is -2.63. The highest BCUT2D eigenvalue weighted by Gasteiger charge is 2.29. The van der Waals surface area contributed by atoms with Crippen LogP contribution in [0, 0.1) is 5.92 Å². The Morgan fingerprint density at radius 3 is 2.10 bits per heavy atom. The number of halogens is 1. The highest BCUT2D eigenvalue weighted by molar-refractivity contribution is 6.20. The monoisotopic (exact) mass is 305 g/mol. The largest absolute Gasteiger partial charge is 0.549 e. The molecule has 0 aliphatic rings. The molecule has 2 unspecified atom stereocenters. The molecule has 20 heavy (non-hydrogen) atoms. The molecule has 0 fully saturated rings. The van der Waals surface area contributed by atoms with Gasteiger partial charge in [0, 0.05) is 12.8 Å². The van der Waals surface area contributed by atoms with E-state index in [2.05, 4.69) is 6.92 Å². The third-order valence-corrected chi connectivity index (χ3v) is 4.23. The fraction of sp³-hybridized carbons (Fsp3) is 0.867. The van der Waals surface area contributed by atoms with Crippen LogP contribution < -0.4 is 5.11 Å². The van der Waals surface area contributed by atoms with Gasteiger partial charge < -0.3 is 14.4 Å². The van der Waals surface area contributed by atoms with Crippen molar-refractivity contribution in [3.05, 3.63) is 0 Å². The lowest BCUT2D eigenvalue weighted by Gasteiger charge is -2.32. The van der Waals surface area contributed by atoms with Crippen molar-refractivity contribution in [2.45, 2.75) is 57.4 Å². The van der Waals surface area contributed by atoms with Crippen LogP contribution in [-0.4, -0.2) is 42.9 Å². The summed E-state index contributed by atoms with van der Waals surface area (Å²) in [7, 11) is 5.62. The summed E-state index contributed by atoms with van der Waals surface area (Å²) >= 11 is 6.17. The van der Waals surface area contributed by atoms with E-state index in [1.165, 1.54) is 0 Å². The van der Waals surface area contributed by atoms with E-state index in [0.29, 0.717) is 10.9 Å². The molecule has 0 aromatic rings. The molecular weight excluding hydrogens is 278 g/mol. The molecule has 0 bridgehead atoms. The van der Waals surface area contributed by atoms with Gasteiger partial charge in [-0.15, -0.1) is 0 Å². The van der Waals surface area contributed by atoms with Gasteiger partial charge in [-0.25, -0.2) is 0 Å². The Morgan fingerprint density at radius 2 is 1.65 bits per heavy atom. The standard InChI is InChI=1S/C15H28ClNO3/c1-5-6-7-8-9-10-13(18)12(15(19)20)11-14(16)17(2,3)4/h12,14H,5-11H2,1-4H3. The molecule has 0 N–H and O–H groups in total. The molecule has 0 aromatic heterocycles. The summed E-state index contributed by atoms with van der Waals surface area (Å²) in [6, 6.07) is 0. The number of carboxylic acid groups (broad SMARTS) is 1. The molecule has 0 rings (SSSR count). The van der Waals surface area contributed by atoms with Gasteiger partial charge in [0.15, 0.2) is 5.50 Å². The van der Waals surface area contributed by atoms with Crippen LogP contribution in [0.25, 0.3) is 0 Å². The summed E-state index contributed by atoms with van der Waals surface area (Å²) in [4.78, 5) is 23.1. The summed E-state index contributed by atoms with van der Waals surface area (Å²) < 4.78 is 0.412. The van der Waals surface area contributed by atoms with Crippen molar-refractivity contribution >= 4 is 23.4 Å². The van der Waals surface area contributed by atoms with Crippen LogP contribution in [0.4, 0.5) is 0 Å². The number of hydrogen-bond acceptors (Lipinski definition) is 3. The number of alkyl halides is 1. The normalized spacial score (nSPS) is 14.8. The Labute approximate surface area is 127 Å². The maximum atomic E-state index is 12.0. The van der Waals surface area contributed by atoms with Gasteiger partial charge in [0.05, 0.1) is 33.0 Å². The smallest absolute Gasteiger partial charge is 0.165 e. The fourth-order valence-corrected chi connectivity index (χ4v) is 2.13. The van der Waals surface area contributed by atoms with Gasteiger partial charge in [-0.1, -0.05) is 44.2 Å². The maximum absolute atomic E-state index is 12.0. The second-order valence-corrected chi connectivity index (χ2v) is 6.79. The van der Waals surface area contributed by atoms with Crippen molar-refractivity contribution in [2.75, 3.05) is 21.1 Å². The van der Waals surface area contributed by atoms with Gasteiger partial charge >= 0.3 is 0 Å². The lowest BCUT2D eigenvalue weighted by molar-refractivity contribution is -0.883. The SMILES string of the molecule is CCCCCCCC(=O)C(CC(Cl)[N+](C)(C)C)C(=O)[O-]. The zero-order chi connectivity index (χ0) is 15.8. The predicted octanol–water partition coefficient (Wildman–Crippen LogP) is 1.94. The van der Waals surface area contributed by atoms with Crippen molar-refractivity contribution in [1.82, 2.24) is 0 Å². The number of carbonyl (C=O) groups is 2. The van der Waals surface area contributed by atoms with Crippen LogP contribution in [0.3, 0.4) is 0 Å². The van der Waals surface area contributed by atoms with E-state index in [9.17, 15) is 14.7 Å². The lowest BCUT2D eigenvalue weighted by atomic mass is 9.95. The first-order valence-corrected chi connectivity index (χ1v) is 7.82. The van der Waals surface area contributed by atoms with Crippen LogP contribution in [0.15, 0.2) is 0 Å². The molecular formula is C15H28ClNO3. The fourth-order valence-electron chi connectivity index (χ4n) is 1.95. The Bertz CT molecular complexity index is 313. The number of quaternary nitrogens is 1. The topological polar surface area (TPSA) is 57.2 Å². The van der Waals surface area contributed by atoms with Gasteiger partial charge in [-0.2, -0.15) is 0 Å². The van der Waals surface area contributed by atoms with Gasteiger partial charge in [0.2, 0.25) is 0 Å². The number of carbonyl (C=O) groups excluding carboxylic acids is 2. The molecule has 0 aromatic carbocycles. The van der Waals surface area contributed by atoms with E-state index >= 15 is 0 Å². The molecule has 2 atom stereocenters. The number of nitrogens with zero attached hydrogens (tertiary/aromatic N) is 1. The van der Waals surface area contributed by atoms with Crippen molar-refractivity contribution in [2.24, 2.45) is 5.92 Å². The molecule has 0 saturated carbocycles. The molecule has 118 valence electrons. The predicted molar refractivity (Wildman–Crippen MR) is 79.2 cm³/mol. The summed E-state index contributed by atoms with van der Waals surface area (Å²) in [5.41, 5.74) is -0.415. The first-order valence-electron chi connectivity index (χ1n) is 7.38. The van der Waals surface area contributed by atoms with Crippen LogP contribution in [-0.2, 0) is 9.59 Å². The second-order valence-electron chi connectivity index (χ2n) is 6.29. The molecule has 0 heterocycles. The number of aliphatic carboxylic acids is 1. The minimum atomic E-state index is -1.30. The Hall–Kier alpha value is -0.610. The van der Waals surface area contributed by atoms with Crippen LogP contribution in [0.2, 0.25) is 0 Å². The van der Waals surface area contributed by atoms with Crippen molar-refractivity contribution in [3.63, 3.8) is 0 Å². The molecule has 0 spiro atoms. The van der Waals surface area contributed by atoms with Crippen LogP contribution in [0.1, 0.15) is 51.9 Å². The number of ketones is 1. The minimum Gasteiger partial charge on any atom is -0.549 e. The zero-order valence-corrected chi connectivity index (χ0v) is 13.9. The van der Waals surface area contributed by atoms with Crippen LogP contribution in [0.5, 0.6) is 0 Å². The van der Waals surface area contributed by atoms with Crippen molar-refractivity contribution < 1.29 is 19.2 Å². The number of carboxylic acids is 1. The van der Waals surface area contributed by atoms with Gasteiger partial charge in [0.25, 0.3) is 0 Å². The third-order valence-electron chi connectivity index (χ3n) is 3.47. The summed E-state index contributed by atoms with van der Waals surface area (Å²) in [6.45, 7) is 2.13. The third kappa shape index (κ3) is 7.85. The van der Waals surface area contributed by atoms with Crippen molar-refractivity contribution in [1.29, 1.82) is 0 Å². The van der Waals surface area contributed by atoms with Gasteiger partial charge in [0.1, 0.15) is 5.78 Å². The maximum Gasteiger partial charge on any atom is 0.165 e. The molecule has 0 saturated heterocycles. The molecule has 5 heteroatoms. The highest BCUT2D eigenvalue weighted by atomic mass is 35.5. The second kappa shape index (κ2) is 9.35. The van der Waals surface area contributed by atoms with E-state index in [1.807, 2.05) is 21.1 Å². The summed E-state index contributed by atoms with van der Waals surface area (Å²) in [6.07, 6.45) is 5.55. The number of unbranched alkanes of at least 4 members (excludes halogenated alkanes) is 4. The quantitative estimate of drug-likeness (QED) is 0.193.